The molecule has 0 saturated heterocycles. The van der Waals surface area contributed by atoms with Crippen molar-refractivity contribution in [3.05, 3.63) is 65.5 Å². The number of nitrogens with zero attached hydrogens (tertiary/aromatic N) is 1. The third-order valence-corrected chi connectivity index (χ3v) is 5.78. The summed E-state index contributed by atoms with van der Waals surface area (Å²) in [6.07, 6.45) is 2.26. The maximum atomic E-state index is 12.0. The molecule has 4 rings (SSSR count). The summed E-state index contributed by atoms with van der Waals surface area (Å²) in [6.45, 7) is 5.31. The highest BCUT2D eigenvalue weighted by Crippen LogP contribution is 2.38. The zero-order valence-electron chi connectivity index (χ0n) is 17.3. The number of phenols is 1. The average Bonchev–Trinajstić information content (AvgIpc) is 3.12. The molecule has 6 nitrogen and oxygen atoms in total. The van der Waals surface area contributed by atoms with Gasteiger partial charge in [0.2, 0.25) is 6.04 Å². The normalized spacial score (nSPS) is 16.9. The molecule has 2 N–H and O–H groups in total. The van der Waals surface area contributed by atoms with Crippen molar-refractivity contribution in [3.8, 4) is 11.5 Å². The first-order chi connectivity index (χ1) is 14.1. The lowest BCUT2D eigenvalue weighted by molar-refractivity contribution is -0.719. The molecule has 156 valence electrons. The number of benzene rings is 2. The van der Waals surface area contributed by atoms with Gasteiger partial charge in [0.15, 0.2) is 11.9 Å². The number of aryl methyl sites for hydroxylation is 1. The number of rotatable bonds is 5. The van der Waals surface area contributed by atoms with Crippen LogP contribution in [0.1, 0.15) is 36.7 Å². The number of carboxylic acid groups (broad SMARTS) is 1. The lowest BCUT2D eigenvalue weighted by Gasteiger charge is -2.24. The van der Waals surface area contributed by atoms with Gasteiger partial charge in [0.05, 0.1) is 11.0 Å². The van der Waals surface area contributed by atoms with E-state index in [0.717, 1.165) is 27.6 Å². The molecular formula is C24H25NO5. The van der Waals surface area contributed by atoms with Gasteiger partial charge in [0.1, 0.15) is 23.6 Å². The third-order valence-electron chi connectivity index (χ3n) is 5.78. The first-order valence-corrected chi connectivity index (χ1v) is 9.98. The van der Waals surface area contributed by atoms with Gasteiger partial charge in [-0.2, -0.15) is 4.57 Å². The zero-order valence-corrected chi connectivity index (χ0v) is 17.3. The number of phenolic OH excluding ortho intramolecular Hbond substituents is 1. The molecule has 0 amide bonds. The van der Waals surface area contributed by atoms with Crippen LogP contribution in [-0.4, -0.2) is 27.9 Å². The molecule has 2 aromatic carbocycles. The molecule has 1 aromatic heterocycles. The second-order valence-corrected chi connectivity index (χ2v) is 8.55. The zero-order chi connectivity index (χ0) is 21.6. The molecular weight excluding hydrogens is 382 g/mol. The molecule has 0 saturated carbocycles. The van der Waals surface area contributed by atoms with Crippen LogP contribution in [0, 0.1) is 6.92 Å². The summed E-state index contributed by atoms with van der Waals surface area (Å²) in [6, 6.07) is 11.5. The number of hydrogen-bond donors (Lipinski definition) is 2. The van der Waals surface area contributed by atoms with Gasteiger partial charge in [-0.25, -0.2) is 0 Å². The lowest BCUT2D eigenvalue weighted by Crippen LogP contribution is -2.52. The number of ether oxygens (including phenoxy) is 1. The van der Waals surface area contributed by atoms with Crippen LogP contribution >= 0.6 is 0 Å². The first-order valence-electron chi connectivity index (χ1n) is 9.98. The molecule has 3 aromatic rings. The van der Waals surface area contributed by atoms with Crippen LogP contribution in [0.25, 0.3) is 10.8 Å². The number of pyridine rings is 1. The predicted molar refractivity (Wildman–Crippen MR) is 109 cm³/mol. The van der Waals surface area contributed by atoms with E-state index in [1.165, 1.54) is 12.1 Å². The highest BCUT2D eigenvalue weighted by atomic mass is 16.5. The maximum absolute atomic E-state index is 12.0. The first kappa shape index (κ1) is 20.2. The quantitative estimate of drug-likeness (QED) is 0.629. The summed E-state index contributed by atoms with van der Waals surface area (Å²) in [7, 11) is 0. The monoisotopic (exact) mass is 407 g/mol. The number of carbonyl (C=O) groups excluding carboxylic acids is 1. The number of aliphatic carboxylic acids is 1. The SMILES string of the molecule is Cc1cc2ccc3c(c2c[n+]1[C@@H](Cc1ccc(O)cc1)C(=O)[O-])OC(C(C)(C)O)C3. The van der Waals surface area contributed by atoms with Crippen molar-refractivity contribution in [2.24, 2.45) is 0 Å². The van der Waals surface area contributed by atoms with E-state index >= 15 is 0 Å². The number of aromatic hydroxyl groups is 1. The summed E-state index contributed by atoms with van der Waals surface area (Å²) in [5.74, 6) is -0.360. The Balaban J connectivity index is 1.78. The molecule has 30 heavy (non-hydrogen) atoms. The Hall–Kier alpha value is -3.12. The number of fused-ring (bicyclic) bond motifs is 3. The second-order valence-electron chi connectivity index (χ2n) is 8.55. The number of carbonyl (C=O) groups is 1. The Labute approximate surface area is 175 Å². The van der Waals surface area contributed by atoms with E-state index in [2.05, 4.69) is 0 Å². The summed E-state index contributed by atoms with van der Waals surface area (Å²) in [4.78, 5) is 12.0. The van der Waals surface area contributed by atoms with E-state index in [4.69, 9.17) is 4.74 Å². The van der Waals surface area contributed by atoms with Crippen molar-refractivity contribution >= 4 is 16.7 Å². The van der Waals surface area contributed by atoms with Gasteiger partial charge in [0, 0.05) is 25.8 Å². The molecule has 1 unspecified atom stereocenters. The van der Waals surface area contributed by atoms with Gasteiger partial charge < -0.3 is 24.9 Å². The fourth-order valence-corrected chi connectivity index (χ4v) is 4.02. The molecule has 2 atom stereocenters. The molecule has 0 bridgehead atoms. The lowest BCUT2D eigenvalue weighted by atomic mass is 9.96. The number of carboxylic acids is 1. The summed E-state index contributed by atoms with van der Waals surface area (Å²) >= 11 is 0. The fraction of sp³-hybridized carbons (Fsp3) is 0.333. The number of aliphatic hydroxyl groups is 1. The Morgan fingerprint density at radius 1 is 1.27 bits per heavy atom. The number of hydrogen-bond acceptors (Lipinski definition) is 5. The van der Waals surface area contributed by atoms with E-state index in [9.17, 15) is 20.1 Å². The van der Waals surface area contributed by atoms with Gasteiger partial charge in [0.25, 0.3) is 0 Å². The van der Waals surface area contributed by atoms with E-state index in [0.29, 0.717) is 12.2 Å². The predicted octanol–water partition coefficient (Wildman–Crippen LogP) is 1.75. The standard InChI is InChI=1S/C24H25NO5/c1-14-10-16-6-7-17-12-21(24(2,3)29)30-22(17)19(16)13-25(14)20(23(27)28)11-15-4-8-18(26)9-5-15/h4-10,13,20-21,29H,11-12H2,1-3H3,(H-,26,27,28)/t20-,21?/m0/s1. The molecule has 1 aliphatic rings. The van der Waals surface area contributed by atoms with E-state index in [1.807, 2.05) is 25.1 Å². The minimum absolute atomic E-state index is 0.132. The second kappa shape index (κ2) is 7.29. The van der Waals surface area contributed by atoms with Gasteiger partial charge in [-0.05, 0) is 42.5 Å². The topological polar surface area (TPSA) is 93.7 Å². The van der Waals surface area contributed by atoms with Crippen molar-refractivity contribution in [1.82, 2.24) is 0 Å². The fourth-order valence-electron chi connectivity index (χ4n) is 4.02. The van der Waals surface area contributed by atoms with Gasteiger partial charge in [-0.15, -0.1) is 0 Å². The maximum Gasteiger partial charge on any atom is 0.201 e. The molecule has 0 spiro atoms. The Kier molecular flexibility index (Phi) is 4.90. The van der Waals surface area contributed by atoms with E-state index in [-0.39, 0.29) is 18.3 Å². The number of aromatic nitrogens is 1. The van der Waals surface area contributed by atoms with E-state index in [1.54, 1.807) is 36.7 Å². The molecule has 1 aliphatic heterocycles. The highest BCUT2D eigenvalue weighted by molar-refractivity contribution is 5.89. The van der Waals surface area contributed by atoms with Gasteiger partial charge >= 0.3 is 0 Å². The Morgan fingerprint density at radius 2 is 1.97 bits per heavy atom. The molecule has 0 fully saturated rings. The van der Waals surface area contributed by atoms with Crippen LogP contribution in [0.2, 0.25) is 0 Å². The van der Waals surface area contributed by atoms with Crippen molar-refractivity contribution in [1.29, 1.82) is 0 Å². The summed E-state index contributed by atoms with van der Waals surface area (Å²) in [5.41, 5.74) is 1.57. The highest BCUT2D eigenvalue weighted by Gasteiger charge is 2.36. The van der Waals surface area contributed by atoms with Crippen molar-refractivity contribution in [2.75, 3.05) is 0 Å². The van der Waals surface area contributed by atoms with E-state index < -0.39 is 17.6 Å². The van der Waals surface area contributed by atoms with Crippen molar-refractivity contribution in [2.45, 2.75) is 51.4 Å². The van der Waals surface area contributed by atoms with Crippen LogP contribution in [0.3, 0.4) is 0 Å². The van der Waals surface area contributed by atoms with Crippen LogP contribution in [0.4, 0.5) is 0 Å². The minimum Gasteiger partial charge on any atom is -0.543 e. The molecule has 6 heteroatoms. The van der Waals surface area contributed by atoms with Crippen LogP contribution in [-0.2, 0) is 17.6 Å². The smallest absolute Gasteiger partial charge is 0.201 e. The average molecular weight is 407 g/mol. The Bertz CT molecular complexity index is 1120. The minimum atomic E-state index is -1.18. The third kappa shape index (κ3) is 3.71. The van der Waals surface area contributed by atoms with Crippen molar-refractivity contribution in [3.63, 3.8) is 0 Å². The van der Waals surface area contributed by atoms with Gasteiger partial charge in [-0.1, -0.05) is 24.3 Å². The molecule has 2 heterocycles. The van der Waals surface area contributed by atoms with Crippen molar-refractivity contribution < 1.29 is 29.4 Å². The molecule has 0 aliphatic carbocycles. The summed E-state index contributed by atoms with van der Waals surface area (Å²) < 4.78 is 7.80. The van der Waals surface area contributed by atoms with Crippen LogP contribution < -0.4 is 14.4 Å². The van der Waals surface area contributed by atoms with Crippen LogP contribution in [0.15, 0.2) is 48.7 Å². The van der Waals surface area contributed by atoms with Crippen LogP contribution in [0.5, 0.6) is 11.5 Å². The Morgan fingerprint density at radius 3 is 2.60 bits per heavy atom. The summed E-state index contributed by atoms with van der Waals surface area (Å²) in [5, 5.41) is 33.6. The van der Waals surface area contributed by atoms with Gasteiger partial charge in [-0.3, -0.25) is 0 Å². The largest absolute Gasteiger partial charge is 0.543 e. The molecule has 0 radical (unpaired) electrons.